The van der Waals surface area contributed by atoms with Gasteiger partial charge in [0, 0.05) is 17.3 Å². The van der Waals surface area contributed by atoms with Gasteiger partial charge in [-0.05, 0) is 52.9 Å². The molecule has 10 heteroatoms. The van der Waals surface area contributed by atoms with Crippen molar-refractivity contribution in [2.45, 2.75) is 6.18 Å². The maximum Gasteiger partial charge on any atom is 0.416 e. The number of aromatic nitrogens is 4. The van der Waals surface area contributed by atoms with Gasteiger partial charge >= 0.3 is 6.18 Å². The van der Waals surface area contributed by atoms with Crippen LogP contribution >= 0.6 is 11.6 Å². The number of benzene rings is 2. The molecule has 1 heterocycles. The molecular formula is C17H13ClF3N5O. The molecule has 0 fully saturated rings. The largest absolute Gasteiger partial charge is 0.495 e. The van der Waals surface area contributed by atoms with E-state index in [0.29, 0.717) is 16.5 Å². The molecule has 0 saturated carbocycles. The summed E-state index contributed by atoms with van der Waals surface area (Å²) in [6.07, 6.45) is -1.50. The number of halogens is 4. The van der Waals surface area contributed by atoms with E-state index in [-0.39, 0.29) is 11.4 Å². The topological polar surface area (TPSA) is 64.9 Å². The van der Waals surface area contributed by atoms with Crippen LogP contribution in [0.1, 0.15) is 11.4 Å². The fourth-order valence-electron chi connectivity index (χ4n) is 2.27. The first kappa shape index (κ1) is 18.7. The van der Waals surface area contributed by atoms with Gasteiger partial charge in [-0.3, -0.25) is 0 Å². The molecule has 1 N–H and O–H groups in total. The van der Waals surface area contributed by atoms with Crippen LogP contribution in [0.4, 0.5) is 18.9 Å². The minimum absolute atomic E-state index is 0.161. The summed E-state index contributed by atoms with van der Waals surface area (Å²) in [5.74, 6) is 0.640. The minimum Gasteiger partial charge on any atom is -0.495 e. The number of methoxy groups -OCH3 is 1. The third-order valence-corrected chi connectivity index (χ3v) is 3.81. The summed E-state index contributed by atoms with van der Waals surface area (Å²) in [6, 6.07) is 10.0. The summed E-state index contributed by atoms with van der Waals surface area (Å²) in [4.78, 5) is 0. The average molecular weight is 396 g/mol. The van der Waals surface area contributed by atoms with Gasteiger partial charge in [-0.15, -0.1) is 5.10 Å². The lowest BCUT2D eigenvalue weighted by atomic mass is 10.2. The Balaban J connectivity index is 1.83. The molecule has 0 radical (unpaired) electrons. The highest BCUT2D eigenvalue weighted by Gasteiger charge is 2.31. The zero-order chi connectivity index (χ0) is 19.4. The SMILES string of the molecule is COc1ccc(C(F)(F)F)cc1N/C=C/c1nnnn1-c1ccc(Cl)cc1. The smallest absolute Gasteiger partial charge is 0.416 e. The summed E-state index contributed by atoms with van der Waals surface area (Å²) < 4.78 is 45.2. The van der Waals surface area contributed by atoms with Crippen molar-refractivity contribution in [2.75, 3.05) is 12.4 Å². The molecule has 0 aliphatic carbocycles. The Kier molecular flexibility index (Phi) is 5.31. The van der Waals surface area contributed by atoms with Crippen molar-refractivity contribution in [1.29, 1.82) is 0 Å². The van der Waals surface area contributed by atoms with Crippen molar-refractivity contribution < 1.29 is 17.9 Å². The highest BCUT2D eigenvalue weighted by atomic mass is 35.5. The lowest BCUT2D eigenvalue weighted by Crippen LogP contribution is -2.06. The number of anilines is 1. The van der Waals surface area contributed by atoms with E-state index in [4.69, 9.17) is 16.3 Å². The summed E-state index contributed by atoms with van der Waals surface area (Å²) in [7, 11) is 1.37. The second-order valence-electron chi connectivity index (χ2n) is 5.32. The molecule has 0 saturated heterocycles. The Bertz CT molecular complexity index is 954. The molecule has 0 aliphatic heterocycles. The van der Waals surface area contributed by atoms with Crippen LogP contribution in [-0.2, 0) is 6.18 Å². The summed E-state index contributed by atoms with van der Waals surface area (Å²) >= 11 is 5.86. The first-order chi connectivity index (χ1) is 12.9. The van der Waals surface area contributed by atoms with Crippen molar-refractivity contribution >= 4 is 23.4 Å². The van der Waals surface area contributed by atoms with Crippen LogP contribution in [0.5, 0.6) is 5.75 Å². The van der Waals surface area contributed by atoms with Crippen molar-refractivity contribution in [1.82, 2.24) is 20.2 Å². The van der Waals surface area contributed by atoms with Gasteiger partial charge in [0.1, 0.15) is 5.75 Å². The fraction of sp³-hybridized carbons (Fsp3) is 0.118. The minimum atomic E-state index is -4.45. The van der Waals surface area contributed by atoms with E-state index in [1.807, 2.05) is 0 Å². The molecule has 2 aromatic carbocycles. The van der Waals surface area contributed by atoms with Gasteiger partial charge in [-0.1, -0.05) is 11.6 Å². The molecule has 27 heavy (non-hydrogen) atoms. The van der Waals surface area contributed by atoms with E-state index in [9.17, 15) is 13.2 Å². The summed E-state index contributed by atoms with van der Waals surface area (Å²) in [5.41, 5.74) is 0.0555. The van der Waals surface area contributed by atoms with Gasteiger partial charge < -0.3 is 10.1 Å². The van der Waals surface area contributed by atoms with Gasteiger partial charge in [0.25, 0.3) is 0 Å². The Morgan fingerprint density at radius 2 is 1.89 bits per heavy atom. The normalized spacial score (nSPS) is 11.7. The molecule has 0 aliphatic rings. The molecule has 0 bridgehead atoms. The number of rotatable bonds is 5. The summed E-state index contributed by atoms with van der Waals surface area (Å²) in [5, 5.41) is 14.7. The average Bonchev–Trinajstić information content (AvgIpc) is 3.10. The van der Waals surface area contributed by atoms with Gasteiger partial charge in [-0.2, -0.15) is 17.9 Å². The maximum absolute atomic E-state index is 12.9. The number of hydrogen-bond acceptors (Lipinski definition) is 5. The Hall–Kier alpha value is -3.07. The first-order valence-corrected chi connectivity index (χ1v) is 7.99. The highest BCUT2D eigenvalue weighted by Crippen LogP contribution is 2.34. The highest BCUT2D eigenvalue weighted by molar-refractivity contribution is 6.30. The standard InChI is InChI=1S/C17H13ClF3N5O/c1-27-15-7-2-11(17(19,20)21)10-14(15)22-9-8-16-23-24-25-26(16)13-5-3-12(18)4-6-13/h2-10,22H,1H3/b9-8+. The molecule has 1 aromatic heterocycles. The molecular weight excluding hydrogens is 383 g/mol. The summed E-state index contributed by atoms with van der Waals surface area (Å²) in [6.45, 7) is 0. The van der Waals surface area contributed by atoms with E-state index >= 15 is 0 Å². The Labute approximate surface area is 157 Å². The molecule has 0 atom stereocenters. The van der Waals surface area contributed by atoms with Crippen LogP contribution in [0.25, 0.3) is 11.8 Å². The molecule has 0 spiro atoms. The van der Waals surface area contributed by atoms with Crippen molar-refractivity contribution in [3.63, 3.8) is 0 Å². The molecule has 0 amide bonds. The fourth-order valence-corrected chi connectivity index (χ4v) is 2.39. The van der Waals surface area contributed by atoms with Crippen LogP contribution in [-0.4, -0.2) is 27.3 Å². The van der Waals surface area contributed by atoms with Crippen molar-refractivity contribution in [3.05, 3.63) is 65.1 Å². The zero-order valence-electron chi connectivity index (χ0n) is 13.9. The Morgan fingerprint density at radius 1 is 1.15 bits per heavy atom. The second kappa shape index (κ2) is 7.67. The van der Waals surface area contributed by atoms with Gasteiger partial charge in [-0.25, -0.2) is 0 Å². The number of nitrogens with one attached hydrogen (secondary N) is 1. The molecule has 0 unspecified atom stereocenters. The quantitative estimate of drug-likeness (QED) is 0.692. The monoisotopic (exact) mass is 395 g/mol. The van der Waals surface area contributed by atoms with Gasteiger partial charge in [0.2, 0.25) is 0 Å². The predicted octanol–water partition coefficient (Wildman–Crippen LogP) is 4.43. The van der Waals surface area contributed by atoms with E-state index < -0.39 is 11.7 Å². The third-order valence-electron chi connectivity index (χ3n) is 3.56. The van der Waals surface area contributed by atoms with E-state index in [1.54, 1.807) is 24.3 Å². The second-order valence-corrected chi connectivity index (χ2v) is 5.75. The lowest BCUT2D eigenvalue weighted by molar-refractivity contribution is -0.137. The lowest BCUT2D eigenvalue weighted by Gasteiger charge is -2.12. The molecule has 140 valence electrons. The van der Waals surface area contributed by atoms with E-state index in [0.717, 1.165) is 12.1 Å². The van der Waals surface area contributed by atoms with Crippen LogP contribution in [0.15, 0.2) is 48.7 Å². The van der Waals surface area contributed by atoms with E-state index in [2.05, 4.69) is 20.8 Å². The van der Waals surface area contributed by atoms with Crippen molar-refractivity contribution in [3.8, 4) is 11.4 Å². The number of hydrogen-bond donors (Lipinski definition) is 1. The van der Waals surface area contributed by atoms with Crippen molar-refractivity contribution in [2.24, 2.45) is 0 Å². The number of nitrogens with zero attached hydrogens (tertiary/aromatic N) is 4. The third kappa shape index (κ3) is 4.37. The van der Waals surface area contributed by atoms with Gasteiger partial charge in [0.05, 0.1) is 24.0 Å². The van der Waals surface area contributed by atoms with Crippen LogP contribution in [0, 0.1) is 0 Å². The van der Waals surface area contributed by atoms with Crippen LogP contribution in [0.3, 0.4) is 0 Å². The number of ether oxygens (including phenoxy) is 1. The number of alkyl halides is 3. The first-order valence-electron chi connectivity index (χ1n) is 7.61. The Morgan fingerprint density at radius 3 is 2.56 bits per heavy atom. The van der Waals surface area contributed by atoms with Crippen LogP contribution in [0.2, 0.25) is 5.02 Å². The van der Waals surface area contributed by atoms with Gasteiger partial charge in [0.15, 0.2) is 5.82 Å². The number of tetrazole rings is 1. The predicted molar refractivity (Wildman–Crippen MR) is 94.8 cm³/mol. The molecule has 6 nitrogen and oxygen atoms in total. The maximum atomic E-state index is 12.9. The van der Waals surface area contributed by atoms with Crippen LogP contribution < -0.4 is 10.1 Å². The molecule has 3 rings (SSSR count). The zero-order valence-corrected chi connectivity index (χ0v) is 14.7. The molecule has 3 aromatic rings. The van der Waals surface area contributed by atoms with E-state index in [1.165, 1.54) is 30.1 Å².